The van der Waals surface area contributed by atoms with Gasteiger partial charge in [-0.15, -0.1) is 0 Å². The van der Waals surface area contributed by atoms with E-state index in [4.69, 9.17) is 0 Å². The molecule has 3 N–H and O–H groups in total. The lowest BCUT2D eigenvalue weighted by Gasteiger charge is -2.67. The van der Waals surface area contributed by atoms with Crippen molar-refractivity contribution in [2.45, 2.75) is 36.6 Å². The van der Waals surface area contributed by atoms with Crippen molar-refractivity contribution in [3.63, 3.8) is 0 Å². The summed E-state index contributed by atoms with van der Waals surface area (Å²) in [4.78, 5) is 11.1. The van der Waals surface area contributed by atoms with Crippen molar-refractivity contribution in [3.05, 3.63) is 36.2 Å². The highest BCUT2D eigenvalue weighted by molar-refractivity contribution is 7.70. The number of para-hydroxylation sites is 1. The maximum Gasteiger partial charge on any atom is 0.419 e. The molecule has 3 aliphatic rings. The molecule has 0 amide bonds. The lowest BCUT2D eigenvalue weighted by Crippen LogP contribution is -2.75. The third kappa shape index (κ3) is 2.94. The number of aromatic amines is 1. The Morgan fingerprint density at radius 3 is 2.53 bits per heavy atom. The summed E-state index contributed by atoms with van der Waals surface area (Å²) in [6, 6.07) is 5.09. The predicted molar refractivity (Wildman–Crippen MR) is 109 cm³/mol. The lowest BCUT2D eigenvalue weighted by atomic mass is 9.46. The molecular formula is C20H20F3N4O2P. The summed E-state index contributed by atoms with van der Waals surface area (Å²) >= 11 is 0. The molecule has 2 bridgehead atoms. The van der Waals surface area contributed by atoms with E-state index in [-0.39, 0.29) is 22.7 Å². The van der Waals surface area contributed by atoms with Crippen LogP contribution in [0, 0.1) is 0 Å². The van der Waals surface area contributed by atoms with E-state index in [0.29, 0.717) is 35.5 Å². The fourth-order valence-electron chi connectivity index (χ4n) is 4.74. The molecule has 158 valence electrons. The molecular weight excluding hydrogens is 416 g/mol. The molecule has 2 heterocycles. The van der Waals surface area contributed by atoms with Crippen molar-refractivity contribution in [3.8, 4) is 11.3 Å². The highest BCUT2D eigenvalue weighted by atomic mass is 31.2. The standard InChI is InChI=1S/C20H20F3N4O2P/c1-30(2,29)14-5-3-4-11-12(6-24-16(11)14)15-13(20(21,22)23)7-25-17(26-15)27-18-8-19(28,9-18)10-18/h3-7,24,28H,8-10H2,1-2H3,(H,25,26,27). The zero-order valence-electron chi connectivity index (χ0n) is 16.3. The van der Waals surface area contributed by atoms with E-state index < -0.39 is 24.5 Å². The average molecular weight is 436 g/mol. The second kappa shape index (κ2) is 5.86. The minimum Gasteiger partial charge on any atom is -0.390 e. The van der Waals surface area contributed by atoms with Crippen LogP contribution in [0.1, 0.15) is 24.8 Å². The lowest BCUT2D eigenvalue weighted by molar-refractivity contribution is -0.195. The van der Waals surface area contributed by atoms with Gasteiger partial charge in [-0.05, 0) is 38.7 Å². The van der Waals surface area contributed by atoms with Crippen LogP contribution in [0.2, 0.25) is 0 Å². The third-order valence-corrected chi connectivity index (χ3v) is 7.54. The van der Waals surface area contributed by atoms with Gasteiger partial charge in [0.25, 0.3) is 0 Å². The first kappa shape index (κ1) is 19.6. The number of aliphatic hydroxyl groups is 1. The zero-order valence-corrected chi connectivity index (χ0v) is 17.2. The van der Waals surface area contributed by atoms with E-state index in [1.54, 1.807) is 31.5 Å². The van der Waals surface area contributed by atoms with Crippen molar-refractivity contribution in [1.29, 1.82) is 0 Å². The highest BCUT2D eigenvalue weighted by Gasteiger charge is 2.67. The molecule has 3 aliphatic carbocycles. The Labute approximate surface area is 170 Å². The smallest absolute Gasteiger partial charge is 0.390 e. The van der Waals surface area contributed by atoms with Gasteiger partial charge in [-0.1, -0.05) is 12.1 Å². The summed E-state index contributed by atoms with van der Waals surface area (Å²) in [5.74, 6) is 0.0990. The summed E-state index contributed by atoms with van der Waals surface area (Å²) in [5.41, 5.74) is -1.35. The van der Waals surface area contributed by atoms with Crippen LogP contribution in [-0.2, 0) is 10.7 Å². The molecule has 10 heteroatoms. The van der Waals surface area contributed by atoms with Crippen molar-refractivity contribution >= 4 is 29.3 Å². The minimum atomic E-state index is -4.63. The van der Waals surface area contributed by atoms with E-state index in [1.807, 2.05) is 0 Å². The number of aromatic nitrogens is 3. The van der Waals surface area contributed by atoms with Crippen molar-refractivity contribution in [2.75, 3.05) is 18.6 Å². The van der Waals surface area contributed by atoms with Crippen LogP contribution in [0.4, 0.5) is 19.1 Å². The largest absolute Gasteiger partial charge is 0.419 e. The van der Waals surface area contributed by atoms with Gasteiger partial charge in [-0.2, -0.15) is 13.2 Å². The number of hydrogen-bond donors (Lipinski definition) is 3. The van der Waals surface area contributed by atoms with Gasteiger partial charge in [0.1, 0.15) is 12.7 Å². The van der Waals surface area contributed by atoms with Crippen LogP contribution >= 0.6 is 7.14 Å². The number of rotatable bonds is 4. The number of alkyl halides is 3. The Morgan fingerprint density at radius 1 is 1.23 bits per heavy atom. The Balaban J connectivity index is 1.64. The van der Waals surface area contributed by atoms with Crippen LogP contribution in [0.3, 0.4) is 0 Å². The highest BCUT2D eigenvalue weighted by Crippen LogP contribution is 2.61. The van der Waals surface area contributed by atoms with Gasteiger partial charge in [0.15, 0.2) is 0 Å². The maximum absolute atomic E-state index is 13.7. The van der Waals surface area contributed by atoms with Gasteiger partial charge in [-0.3, -0.25) is 0 Å². The quantitative estimate of drug-likeness (QED) is 0.539. The van der Waals surface area contributed by atoms with Gasteiger partial charge in [0, 0.05) is 34.2 Å². The summed E-state index contributed by atoms with van der Waals surface area (Å²) in [5, 5.41) is 14.1. The first-order valence-electron chi connectivity index (χ1n) is 9.50. The second-order valence-electron chi connectivity index (χ2n) is 8.87. The molecule has 6 rings (SSSR count). The predicted octanol–water partition coefficient (Wildman–Crippen LogP) is 3.97. The third-order valence-electron chi connectivity index (χ3n) is 6.00. The number of nitrogens with one attached hydrogen (secondary N) is 2. The molecule has 0 spiro atoms. The number of benzene rings is 1. The van der Waals surface area contributed by atoms with Crippen LogP contribution in [0.25, 0.3) is 22.2 Å². The van der Waals surface area contributed by atoms with E-state index in [0.717, 1.165) is 6.20 Å². The van der Waals surface area contributed by atoms with Crippen LogP contribution in [0.15, 0.2) is 30.6 Å². The molecule has 0 radical (unpaired) electrons. The first-order valence-corrected chi connectivity index (χ1v) is 12.1. The average Bonchev–Trinajstić information content (AvgIpc) is 3.01. The van der Waals surface area contributed by atoms with Gasteiger partial charge < -0.3 is 20.0 Å². The van der Waals surface area contributed by atoms with Crippen LogP contribution in [-0.4, -0.2) is 44.5 Å². The van der Waals surface area contributed by atoms with E-state index in [9.17, 15) is 22.8 Å². The van der Waals surface area contributed by atoms with Crippen LogP contribution < -0.4 is 10.6 Å². The molecule has 1 aromatic carbocycles. The topological polar surface area (TPSA) is 90.9 Å². The Bertz CT molecular complexity index is 1210. The SMILES string of the molecule is CP(C)(=O)c1cccc2c(-c3nc(NC45CC(O)(C4)C5)ncc3C(F)(F)F)c[nH]c12. The molecule has 6 nitrogen and oxygen atoms in total. The van der Waals surface area contributed by atoms with Gasteiger partial charge in [0.2, 0.25) is 5.95 Å². The summed E-state index contributed by atoms with van der Waals surface area (Å²) in [6.45, 7) is 3.24. The van der Waals surface area contributed by atoms with Crippen molar-refractivity contribution in [1.82, 2.24) is 15.0 Å². The summed E-state index contributed by atoms with van der Waals surface area (Å²) < 4.78 is 53.8. The van der Waals surface area contributed by atoms with Gasteiger partial charge >= 0.3 is 6.18 Å². The monoisotopic (exact) mass is 436 g/mol. The Hall–Kier alpha value is -2.38. The fraction of sp³-hybridized carbons (Fsp3) is 0.400. The van der Waals surface area contributed by atoms with E-state index >= 15 is 0 Å². The number of halogens is 3. The number of H-pyrrole nitrogens is 1. The first-order chi connectivity index (χ1) is 13.9. The summed E-state index contributed by atoms with van der Waals surface area (Å²) in [6.07, 6.45) is -0.756. The fourth-order valence-corrected chi connectivity index (χ4v) is 5.91. The number of nitrogens with zero attached hydrogens (tertiary/aromatic N) is 2. The zero-order chi connectivity index (χ0) is 21.5. The molecule has 0 unspecified atom stereocenters. The number of fused-ring (bicyclic) bond motifs is 1. The minimum absolute atomic E-state index is 0.0990. The molecule has 0 atom stereocenters. The summed E-state index contributed by atoms with van der Waals surface area (Å²) in [7, 11) is -2.64. The molecule has 0 aliphatic heterocycles. The van der Waals surface area contributed by atoms with Crippen molar-refractivity contribution < 1.29 is 22.8 Å². The number of anilines is 1. The molecule has 3 saturated carbocycles. The van der Waals surface area contributed by atoms with E-state index in [1.165, 1.54) is 6.20 Å². The van der Waals surface area contributed by atoms with Gasteiger partial charge in [0.05, 0.1) is 16.8 Å². The number of hydrogen-bond acceptors (Lipinski definition) is 5. The normalized spacial score (nSPS) is 25.7. The molecule has 2 aromatic heterocycles. The molecule has 3 aromatic rings. The Kier molecular flexibility index (Phi) is 3.82. The molecule has 0 saturated heterocycles. The Morgan fingerprint density at radius 2 is 1.93 bits per heavy atom. The molecule has 30 heavy (non-hydrogen) atoms. The van der Waals surface area contributed by atoms with Crippen molar-refractivity contribution in [2.24, 2.45) is 0 Å². The second-order valence-corrected chi connectivity index (χ2v) is 12.1. The maximum atomic E-state index is 13.7. The molecule has 3 fully saturated rings. The van der Waals surface area contributed by atoms with Gasteiger partial charge in [-0.25, -0.2) is 9.97 Å². The van der Waals surface area contributed by atoms with E-state index in [2.05, 4.69) is 20.3 Å². The van der Waals surface area contributed by atoms with Crippen LogP contribution in [0.5, 0.6) is 0 Å².